The molecule has 0 fully saturated rings. The van der Waals surface area contributed by atoms with Crippen LogP contribution in [0.25, 0.3) is 0 Å². The topological polar surface area (TPSA) is 41.5 Å². The standard InChI is InChI=1S/C15H24ClNO2/c1-11(2)10-17-8-7-15(3,18)13-9-12(16)5-6-14(13)19-4/h5-6,9,11,17-18H,7-8,10H2,1-4H3. The van der Waals surface area contributed by atoms with Gasteiger partial charge in [-0.15, -0.1) is 0 Å². The number of methoxy groups -OCH3 is 1. The fourth-order valence-corrected chi connectivity index (χ4v) is 2.13. The molecule has 3 nitrogen and oxygen atoms in total. The van der Waals surface area contributed by atoms with E-state index >= 15 is 0 Å². The quantitative estimate of drug-likeness (QED) is 0.756. The molecule has 0 saturated heterocycles. The molecule has 0 aromatic heterocycles. The molecule has 4 heteroatoms. The van der Waals surface area contributed by atoms with E-state index in [4.69, 9.17) is 16.3 Å². The molecule has 1 atom stereocenters. The average molecular weight is 286 g/mol. The minimum atomic E-state index is -0.958. The predicted octanol–water partition coefficient (Wildman–Crippen LogP) is 3.19. The maximum absolute atomic E-state index is 10.6. The number of halogens is 1. The molecule has 108 valence electrons. The van der Waals surface area contributed by atoms with Gasteiger partial charge >= 0.3 is 0 Å². The van der Waals surface area contributed by atoms with Crippen LogP contribution in [-0.4, -0.2) is 25.3 Å². The van der Waals surface area contributed by atoms with E-state index in [0.29, 0.717) is 23.1 Å². The summed E-state index contributed by atoms with van der Waals surface area (Å²) in [7, 11) is 1.60. The van der Waals surface area contributed by atoms with Crippen LogP contribution >= 0.6 is 11.6 Å². The third kappa shape index (κ3) is 5.01. The normalized spacial score (nSPS) is 14.5. The zero-order chi connectivity index (χ0) is 14.5. The van der Waals surface area contributed by atoms with Crippen molar-refractivity contribution in [2.75, 3.05) is 20.2 Å². The van der Waals surface area contributed by atoms with E-state index in [2.05, 4.69) is 19.2 Å². The van der Waals surface area contributed by atoms with Crippen LogP contribution in [0.3, 0.4) is 0 Å². The number of benzene rings is 1. The van der Waals surface area contributed by atoms with Crippen molar-refractivity contribution in [3.05, 3.63) is 28.8 Å². The lowest BCUT2D eigenvalue weighted by molar-refractivity contribution is 0.0453. The first kappa shape index (κ1) is 16.3. The van der Waals surface area contributed by atoms with E-state index in [1.54, 1.807) is 32.2 Å². The summed E-state index contributed by atoms with van der Waals surface area (Å²) in [6, 6.07) is 5.31. The fraction of sp³-hybridized carbons (Fsp3) is 0.600. The Kier molecular flexibility index (Phi) is 6.11. The van der Waals surface area contributed by atoms with Crippen LogP contribution in [0.5, 0.6) is 5.75 Å². The van der Waals surface area contributed by atoms with Gasteiger partial charge < -0.3 is 15.2 Å². The highest BCUT2D eigenvalue weighted by molar-refractivity contribution is 6.30. The summed E-state index contributed by atoms with van der Waals surface area (Å²) in [6.45, 7) is 7.80. The lowest BCUT2D eigenvalue weighted by Gasteiger charge is -2.26. The molecule has 0 aliphatic heterocycles. The molecule has 0 spiro atoms. The molecule has 0 heterocycles. The predicted molar refractivity (Wildman–Crippen MR) is 79.9 cm³/mol. The second-order valence-corrected chi connectivity index (χ2v) is 5.90. The van der Waals surface area contributed by atoms with Gasteiger partial charge in [-0.2, -0.15) is 0 Å². The monoisotopic (exact) mass is 285 g/mol. The summed E-state index contributed by atoms with van der Waals surface area (Å²) >= 11 is 6.00. The van der Waals surface area contributed by atoms with E-state index in [1.807, 2.05) is 0 Å². The van der Waals surface area contributed by atoms with Gasteiger partial charge in [0.2, 0.25) is 0 Å². The van der Waals surface area contributed by atoms with Gasteiger partial charge in [-0.25, -0.2) is 0 Å². The first-order chi connectivity index (χ1) is 8.86. The Morgan fingerprint density at radius 3 is 2.68 bits per heavy atom. The van der Waals surface area contributed by atoms with Crippen LogP contribution in [-0.2, 0) is 5.60 Å². The summed E-state index contributed by atoms with van der Waals surface area (Å²) in [5.74, 6) is 1.27. The number of hydrogen-bond donors (Lipinski definition) is 2. The van der Waals surface area contributed by atoms with Gasteiger partial charge in [-0.05, 0) is 50.6 Å². The van der Waals surface area contributed by atoms with Crippen LogP contribution in [0.4, 0.5) is 0 Å². The molecular formula is C15H24ClNO2. The molecular weight excluding hydrogens is 262 g/mol. The number of ether oxygens (including phenoxy) is 1. The zero-order valence-electron chi connectivity index (χ0n) is 12.2. The molecule has 1 aromatic carbocycles. The number of rotatable bonds is 7. The highest BCUT2D eigenvalue weighted by atomic mass is 35.5. The largest absolute Gasteiger partial charge is 0.496 e. The number of hydrogen-bond acceptors (Lipinski definition) is 3. The maximum atomic E-state index is 10.6. The maximum Gasteiger partial charge on any atom is 0.125 e. The van der Waals surface area contributed by atoms with Gasteiger partial charge in [-0.3, -0.25) is 0 Å². The van der Waals surface area contributed by atoms with Gasteiger partial charge in [0.1, 0.15) is 5.75 Å². The minimum absolute atomic E-state index is 0.602. The van der Waals surface area contributed by atoms with Crippen LogP contribution in [0, 0.1) is 5.92 Å². The fourth-order valence-electron chi connectivity index (χ4n) is 1.96. The molecule has 0 bridgehead atoms. The first-order valence-electron chi connectivity index (χ1n) is 6.64. The van der Waals surface area contributed by atoms with Gasteiger partial charge in [0.05, 0.1) is 12.7 Å². The third-order valence-electron chi connectivity index (χ3n) is 3.08. The Hall–Kier alpha value is -0.770. The Balaban J connectivity index is 2.73. The van der Waals surface area contributed by atoms with Crippen LogP contribution in [0.15, 0.2) is 18.2 Å². The van der Waals surface area contributed by atoms with E-state index in [9.17, 15) is 5.11 Å². The molecule has 2 N–H and O–H groups in total. The summed E-state index contributed by atoms with van der Waals surface area (Å²) in [4.78, 5) is 0. The SMILES string of the molecule is COc1ccc(Cl)cc1C(C)(O)CCNCC(C)C. The van der Waals surface area contributed by atoms with Crippen molar-refractivity contribution in [3.63, 3.8) is 0 Å². The number of nitrogens with one attached hydrogen (secondary N) is 1. The number of aliphatic hydroxyl groups is 1. The minimum Gasteiger partial charge on any atom is -0.496 e. The van der Waals surface area contributed by atoms with E-state index in [0.717, 1.165) is 18.7 Å². The molecule has 19 heavy (non-hydrogen) atoms. The zero-order valence-corrected chi connectivity index (χ0v) is 12.9. The van der Waals surface area contributed by atoms with E-state index < -0.39 is 5.60 Å². The summed E-state index contributed by atoms with van der Waals surface area (Å²) in [5, 5.41) is 14.5. The molecule has 1 aromatic rings. The molecule has 1 unspecified atom stereocenters. The summed E-state index contributed by atoms with van der Waals surface area (Å²) in [6.07, 6.45) is 0.608. The van der Waals surface area contributed by atoms with Crippen LogP contribution < -0.4 is 10.1 Å². The van der Waals surface area contributed by atoms with E-state index in [1.165, 1.54) is 0 Å². The molecule has 0 aliphatic rings. The summed E-state index contributed by atoms with van der Waals surface area (Å²) in [5.41, 5.74) is -0.228. The smallest absolute Gasteiger partial charge is 0.125 e. The highest BCUT2D eigenvalue weighted by Gasteiger charge is 2.26. The van der Waals surface area contributed by atoms with Crippen molar-refractivity contribution < 1.29 is 9.84 Å². The van der Waals surface area contributed by atoms with Crippen molar-refractivity contribution in [3.8, 4) is 5.75 Å². The molecule has 0 amide bonds. The molecule has 1 rings (SSSR count). The highest BCUT2D eigenvalue weighted by Crippen LogP contribution is 2.34. The van der Waals surface area contributed by atoms with Gasteiger partial charge in [0.25, 0.3) is 0 Å². The van der Waals surface area contributed by atoms with Gasteiger partial charge in [-0.1, -0.05) is 25.4 Å². The summed E-state index contributed by atoms with van der Waals surface area (Å²) < 4.78 is 5.29. The van der Waals surface area contributed by atoms with Crippen molar-refractivity contribution in [1.29, 1.82) is 0 Å². The van der Waals surface area contributed by atoms with Crippen molar-refractivity contribution in [2.45, 2.75) is 32.8 Å². The average Bonchev–Trinajstić information content (AvgIpc) is 2.34. The Morgan fingerprint density at radius 2 is 2.11 bits per heavy atom. The second kappa shape index (κ2) is 7.13. The Morgan fingerprint density at radius 1 is 1.42 bits per heavy atom. The van der Waals surface area contributed by atoms with Crippen LogP contribution in [0.1, 0.15) is 32.8 Å². The van der Waals surface area contributed by atoms with Crippen LogP contribution in [0.2, 0.25) is 5.02 Å². The van der Waals surface area contributed by atoms with Crippen molar-refractivity contribution >= 4 is 11.6 Å². The van der Waals surface area contributed by atoms with Gasteiger partial charge in [0.15, 0.2) is 0 Å². The second-order valence-electron chi connectivity index (χ2n) is 5.47. The van der Waals surface area contributed by atoms with E-state index in [-0.39, 0.29) is 0 Å². The van der Waals surface area contributed by atoms with Crippen molar-refractivity contribution in [2.24, 2.45) is 5.92 Å². The molecule has 0 saturated carbocycles. The first-order valence-corrected chi connectivity index (χ1v) is 7.01. The van der Waals surface area contributed by atoms with Crippen molar-refractivity contribution in [1.82, 2.24) is 5.32 Å². The lowest BCUT2D eigenvalue weighted by Crippen LogP contribution is -2.30. The Labute approximate surface area is 120 Å². The lowest BCUT2D eigenvalue weighted by atomic mass is 9.91. The molecule has 0 aliphatic carbocycles. The Bertz CT molecular complexity index is 405. The third-order valence-corrected chi connectivity index (χ3v) is 3.32. The van der Waals surface area contributed by atoms with Gasteiger partial charge in [0, 0.05) is 10.6 Å². The molecule has 0 radical (unpaired) electrons.